The van der Waals surface area contributed by atoms with E-state index < -0.39 is 23.4 Å². The van der Waals surface area contributed by atoms with Crippen LogP contribution in [0.25, 0.3) is 0 Å². The molecule has 0 bridgehead atoms. The van der Waals surface area contributed by atoms with Crippen molar-refractivity contribution in [3.05, 3.63) is 73.8 Å². The van der Waals surface area contributed by atoms with E-state index in [-0.39, 0.29) is 17.1 Å². The number of carbonyl (C=O) groups is 1. The second kappa shape index (κ2) is 9.65. The van der Waals surface area contributed by atoms with Gasteiger partial charge >= 0.3 is 6.18 Å². The van der Waals surface area contributed by atoms with Crippen LogP contribution in [0, 0.1) is 5.41 Å². The molecule has 0 aliphatic carbocycles. The minimum absolute atomic E-state index is 0.00726. The Kier molecular flexibility index (Phi) is 7.73. The number of carbonyl (C=O) groups excluding carboxylic acids is 1. The maximum absolute atomic E-state index is 12.8. The van der Waals surface area contributed by atoms with Crippen LogP contribution >= 0.6 is 39.1 Å². The molecule has 0 radical (unpaired) electrons. The first-order chi connectivity index (χ1) is 13.5. The second-order valence-corrected chi connectivity index (χ2v) is 7.56. The van der Waals surface area contributed by atoms with Crippen LogP contribution in [0.2, 0.25) is 10.0 Å². The highest BCUT2D eigenvalue weighted by molar-refractivity contribution is 9.10. The summed E-state index contributed by atoms with van der Waals surface area (Å²) in [6, 6.07) is 10.1. The van der Waals surface area contributed by atoms with Crippen LogP contribution in [0.15, 0.2) is 52.6 Å². The predicted molar refractivity (Wildman–Crippen MR) is 113 cm³/mol. The van der Waals surface area contributed by atoms with Crippen LogP contribution < -0.4 is 10.6 Å². The molecule has 10 heteroatoms. The summed E-state index contributed by atoms with van der Waals surface area (Å²) in [5, 5.41) is 13.3. The van der Waals surface area contributed by atoms with Gasteiger partial charge in [0.25, 0.3) is 0 Å². The lowest BCUT2D eigenvalue weighted by molar-refractivity contribution is -0.111. The first-order valence-electron chi connectivity index (χ1n) is 8.10. The molecule has 0 aliphatic heterocycles. The maximum atomic E-state index is 12.8. The quantitative estimate of drug-likeness (QED) is 0.319. The van der Waals surface area contributed by atoms with Crippen molar-refractivity contribution in [2.45, 2.75) is 12.7 Å². The fourth-order valence-electron chi connectivity index (χ4n) is 2.32. The van der Waals surface area contributed by atoms with Gasteiger partial charge in [-0.05, 0) is 42.0 Å². The summed E-state index contributed by atoms with van der Waals surface area (Å²) in [5.74, 6) is -1.14. The van der Waals surface area contributed by atoms with Crippen LogP contribution in [0.5, 0.6) is 0 Å². The Morgan fingerprint density at radius 3 is 2.34 bits per heavy atom. The number of ketones is 1. The SMILES string of the molecule is CN/C(=C\C(=O)C(=N)c1cc(CNc2ccc(Br)cc2)c(Cl)cc1Cl)C(F)(F)F. The smallest absolute Gasteiger partial charge is 0.384 e. The Hall–Kier alpha value is -2.03. The zero-order chi connectivity index (χ0) is 21.8. The highest BCUT2D eigenvalue weighted by Crippen LogP contribution is 2.28. The number of alkyl halides is 3. The Balaban J connectivity index is 2.27. The van der Waals surface area contributed by atoms with Gasteiger partial charge < -0.3 is 10.6 Å². The molecule has 0 unspecified atom stereocenters. The van der Waals surface area contributed by atoms with E-state index in [2.05, 4.69) is 21.2 Å². The first-order valence-corrected chi connectivity index (χ1v) is 9.65. The number of benzene rings is 2. The number of hydrogen-bond donors (Lipinski definition) is 3. The number of halogens is 6. The van der Waals surface area contributed by atoms with Gasteiger partial charge in [-0.15, -0.1) is 0 Å². The van der Waals surface area contributed by atoms with Crippen molar-refractivity contribution < 1.29 is 18.0 Å². The molecule has 0 atom stereocenters. The number of anilines is 1. The van der Waals surface area contributed by atoms with E-state index in [4.69, 9.17) is 28.6 Å². The van der Waals surface area contributed by atoms with Crippen LogP contribution in [0.1, 0.15) is 11.1 Å². The average molecular weight is 509 g/mol. The number of hydrogen-bond acceptors (Lipinski definition) is 4. The van der Waals surface area contributed by atoms with Gasteiger partial charge in [-0.25, -0.2) is 0 Å². The highest BCUT2D eigenvalue weighted by Gasteiger charge is 2.34. The molecule has 0 amide bonds. The minimum atomic E-state index is -4.74. The van der Waals surface area contributed by atoms with Crippen molar-refractivity contribution in [3.8, 4) is 0 Å². The lowest BCUT2D eigenvalue weighted by Gasteiger charge is -2.13. The summed E-state index contributed by atoms with van der Waals surface area (Å²) >= 11 is 15.6. The lowest BCUT2D eigenvalue weighted by atomic mass is 10.0. The van der Waals surface area contributed by atoms with Gasteiger partial charge in [0.05, 0.1) is 5.02 Å². The van der Waals surface area contributed by atoms with Gasteiger partial charge in [0.2, 0.25) is 5.78 Å². The lowest BCUT2D eigenvalue weighted by Crippen LogP contribution is -2.26. The monoisotopic (exact) mass is 507 g/mol. The molecule has 0 saturated heterocycles. The largest absolute Gasteiger partial charge is 0.431 e. The Labute approximate surface area is 183 Å². The summed E-state index contributed by atoms with van der Waals surface area (Å²) in [5.41, 5.74) is -0.607. The molecule has 0 aliphatic rings. The van der Waals surface area contributed by atoms with Crippen LogP contribution in [-0.2, 0) is 11.3 Å². The molecule has 4 nitrogen and oxygen atoms in total. The summed E-state index contributed by atoms with van der Waals surface area (Å²) < 4.78 is 39.4. The zero-order valence-corrected chi connectivity index (χ0v) is 18.0. The Bertz CT molecular complexity index is 960. The molecule has 0 aromatic heterocycles. The van der Waals surface area contributed by atoms with Gasteiger partial charge in [-0.1, -0.05) is 39.1 Å². The molecule has 29 heavy (non-hydrogen) atoms. The molecule has 2 aromatic carbocycles. The molecule has 0 heterocycles. The van der Waals surface area contributed by atoms with Crippen molar-refractivity contribution >= 4 is 56.3 Å². The molecule has 0 spiro atoms. The summed E-state index contributed by atoms with van der Waals surface area (Å²) in [7, 11) is 1.04. The fraction of sp³-hybridized carbons (Fsp3) is 0.158. The molecule has 154 valence electrons. The third-order valence-electron chi connectivity index (χ3n) is 3.83. The Morgan fingerprint density at radius 2 is 1.79 bits per heavy atom. The fourth-order valence-corrected chi connectivity index (χ4v) is 3.13. The van der Waals surface area contributed by atoms with Crippen molar-refractivity contribution in [1.29, 1.82) is 5.41 Å². The summed E-state index contributed by atoms with van der Waals surface area (Å²) in [4.78, 5) is 12.2. The highest BCUT2D eigenvalue weighted by atomic mass is 79.9. The Morgan fingerprint density at radius 1 is 1.17 bits per heavy atom. The molecule has 0 saturated carbocycles. The van der Waals surface area contributed by atoms with Gasteiger partial charge in [-0.2, -0.15) is 13.2 Å². The van der Waals surface area contributed by atoms with E-state index in [0.717, 1.165) is 17.2 Å². The minimum Gasteiger partial charge on any atom is -0.384 e. The van der Waals surface area contributed by atoms with Gasteiger partial charge in [0.15, 0.2) is 0 Å². The molecule has 0 fully saturated rings. The van der Waals surface area contributed by atoms with Crippen LogP contribution in [0.3, 0.4) is 0 Å². The van der Waals surface area contributed by atoms with Crippen molar-refractivity contribution in [1.82, 2.24) is 5.32 Å². The van der Waals surface area contributed by atoms with E-state index in [1.165, 1.54) is 12.1 Å². The second-order valence-electron chi connectivity index (χ2n) is 5.83. The average Bonchev–Trinajstić information content (AvgIpc) is 2.65. The number of nitrogens with one attached hydrogen (secondary N) is 3. The molecule has 3 N–H and O–H groups in total. The van der Waals surface area contributed by atoms with Gasteiger partial charge in [0.1, 0.15) is 11.4 Å². The zero-order valence-electron chi connectivity index (χ0n) is 14.9. The van der Waals surface area contributed by atoms with E-state index in [9.17, 15) is 18.0 Å². The topological polar surface area (TPSA) is 65.0 Å². The molecule has 2 aromatic rings. The van der Waals surface area contributed by atoms with Gasteiger partial charge in [-0.3, -0.25) is 10.2 Å². The molecular formula is C19H15BrCl2F3N3O. The number of rotatable bonds is 7. The van der Waals surface area contributed by atoms with E-state index in [0.29, 0.717) is 16.7 Å². The van der Waals surface area contributed by atoms with E-state index >= 15 is 0 Å². The summed E-state index contributed by atoms with van der Waals surface area (Å²) in [6.07, 6.45) is -4.42. The van der Waals surface area contributed by atoms with Crippen LogP contribution in [0.4, 0.5) is 18.9 Å². The van der Waals surface area contributed by atoms with E-state index in [1.54, 1.807) is 0 Å². The first kappa shape index (κ1) is 23.3. The van der Waals surface area contributed by atoms with Crippen molar-refractivity contribution in [3.63, 3.8) is 0 Å². The van der Waals surface area contributed by atoms with Crippen LogP contribution in [-0.4, -0.2) is 24.7 Å². The van der Waals surface area contributed by atoms with Crippen molar-refractivity contribution in [2.75, 3.05) is 12.4 Å². The third-order valence-corrected chi connectivity index (χ3v) is 5.02. The standard InChI is InChI=1S/C19H15BrCl2F3N3O/c1-27-17(19(23,24)25)8-16(29)18(26)13-6-10(14(21)7-15(13)22)9-28-12-4-2-11(20)3-5-12/h2-8,26-28H,9H2,1H3/b17-8-,26-18?. The number of allylic oxidation sites excluding steroid dienone is 2. The predicted octanol–water partition coefficient (Wildman–Crippen LogP) is 5.97. The maximum Gasteiger partial charge on any atom is 0.431 e. The van der Waals surface area contributed by atoms with Gasteiger partial charge in [0, 0.05) is 40.4 Å². The molecule has 2 rings (SSSR count). The van der Waals surface area contributed by atoms with Crippen molar-refractivity contribution in [2.24, 2.45) is 0 Å². The molecular weight excluding hydrogens is 494 g/mol. The summed E-state index contributed by atoms with van der Waals surface area (Å²) in [6.45, 7) is 0.256. The van der Waals surface area contributed by atoms with E-state index in [1.807, 2.05) is 29.6 Å². The third kappa shape index (κ3) is 6.22. The normalized spacial score (nSPS) is 11.9.